The van der Waals surface area contributed by atoms with Crippen molar-refractivity contribution in [3.05, 3.63) is 53.7 Å². The van der Waals surface area contributed by atoms with Gasteiger partial charge in [-0.1, -0.05) is 5.16 Å². The Morgan fingerprint density at radius 2 is 2.21 bits per heavy atom. The van der Waals surface area contributed by atoms with Crippen LogP contribution in [0.5, 0.6) is 0 Å². The van der Waals surface area contributed by atoms with Gasteiger partial charge in [-0.2, -0.15) is 0 Å². The first-order valence-electron chi connectivity index (χ1n) is 5.35. The van der Waals surface area contributed by atoms with Gasteiger partial charge in [0.15, 0.2) is 5.84 Å². The van der Waals surface area contributed by atoms with Crippen molar-refractivity contribution in [2.45, 2.75) is 10.8 Å². The van der Waals surface area contributed by atoms with Crippen molar-refractivity contribution in [3.63, 3.8) is 0 Å². The van der Waals surface area contributed by atoms with Crippen LogP contribution in [0.3, 0.4) is 0 Å². The van der Waals surface area contributed by atoms with Crippen LogP contribution in [-0.4, -0.2) is 21.0 Å². The maximum absolute atomic E-state index is 13.4. The minimum Gasteiger partial charge on any atom is -0.409 e. The summed E-state index contributed by atoms with van der Waals surface area (Å²) in [5.41, 5.74) is 6.51. The zero-order valence-electron chi connectivity index (χ0n) is 9.82. The van der Waals surface area contributed by atoms with Gasteiger partial charge >= 0.3 is 0 Å². The molecule has 0 bridgehead atoms. The Bertz CT molecular complexity index is 592. The highest BCUT2D eigenvalue weighted by atomic mass is 32.2. The number of aromatic nitrogens is 2. The summed E-state index contributed by atoms with van der Waals surface area (Å²) in [6, 6.07) is 4.28. The van der Waals surface area contributed by atoms with Gasteiger partial charge in [0.25, 0.3) is 0 Å². The number of hydrogen-bond acceptors (Lipinski definition) is 5. The lowest BCUT2D eigenvalue weighted by Crippen LogP contribution is -2.13. The number of halogens is 1. The molecule has 0 amide bonds. The van der Waals surface area contributed by atoms with Gasteiger partial charge in [-0.05, 0) is 23.8 Å². The molecule has 98 valence electrons. The van der Waals surface area contributed by atoms with Gasteiger partial charge in [-0.25, -0.2) is 9.37 Å². The fraction of sp³-hybridized carbons (Fsp3) is 0.0833. The monoisotopic (exact) mass is 278 g/mol. The van der Waals surface area contributed by atoms with Crippen LogP contribution in [0.1, 0.15) is 11.1 Å². The highest BCUT2D eigenvalue weighted by molar-refractivity contribution is 7.98. The van der Waals surface area contributed by atoms with Crippen molar-refractivity contribution in [3.8, 4) is 0 Å². The first-order valence-corrected chi connectivity index (χ1v) is 6.34. The molecular formula is C12H11FN4OS. The number of rotatable bonds is 4. The number of amidine groups is 1. The third-order valence-corrected chi connectivity index (χ3v) is 3.27. The fourth-order valence-corrected chi connectivity index (χ4v) is 2.21. The topological polar surface area (TPSA) is 84.4 Å². The highest BCUT2D eigenvalue weighted by Gasteiger charge is 2.06. The van der Waals surface area contributed by atoms with E-state index in [1.807, 2.05) is 0 Å². The maximum atomic E-state index is 13.4. The molecule has 19 heavy (non-hydrogen) atoms. The standard InChI is InChI=1S/C12H11FN4OS/c13-10-4-8(3-9(5-10)12(14)17-18)7-19-11-6-15-1-2-16-11/h1-6,18H,7H2,(H2,14,17). The van der Waals surface area contributed by atoms with Crippen LogP contribution in [0.4, 0.5) is 4.39 Å². The largest absolute Gasteiger partial charge is 0.409 e. The second kappa shape index (κ2) is 6.14. The predicted molar refractivity (Wildman–Crippen MR) is 70.5 cm³/mol. The molecule has 2 rings (SSSR count). The quantitative estimate of drug-likeness (QED) is 0.294. The van der Waals surface area contributed by atoms with Crippen LogP contribution >= 0.6 is 11.8 Å². The molecule has 0 aliphatic rings. The van der Waals surface area contributed by atoms with E-state index in [4.69, 9.17) is 10.9 Å². The van der Waals surface area contributed by atoms with Crippen molar-refractivity contribution in [2.75, 3.05) is 0 Å². The summed E-state index contributed by atoms with van der Waals surface area (Å²) >= 11 is 1.43. The van der Waals surface area contributed by atoms with E-state index in [-0.39, 0.29) is 5.84 Å². The van der Waals surface area contributed by atoms with E-state index in [1.54, 1.807) is 24.7 Å². The Morgan fingerprint density at radius 3 is 2.89 bits per heavy atom. The summed E-state index contributed by atoms with van der Waals surface area (Å²) < 4.78 is 13.4. The number of hydrogen-bond donors (Lipinski definition) is 2. The number of thioether (sulfide) groups is 1. The molecule has 3 N–H and O–H groups in total. The van der Waals surface area contributed by atoms with Gasteiger partial charge in [0.2, 0.25) is 0 Å². The molecule has 5 nitrogen and oxygen atoms in total. The van der Waals surface area contributed by atoms with Crippen LogP contribution in [0.2, 0.25) is 0 Å². The summed E-state index contributed by atoms with van der Waals surface area (Å²) in [6.45, 7) is 0. The lowest BCUT2D eigenvalue weighted by molar-refractivity contribution is 0.318. The van der Waals surface area contributed by atoms with Crippen molar-refractivity contribution < 1.29 is 9.60 Å². The Balaban J connectivity index is 2.14. The molecule has 2 aromatic rings. The summed E-state index contributed by atoms with van der Waals surface area (Å²) in [5.74, 6) is -0.0357. The fourth-order valence-electron chi connectivity index (χ4n) is 1.46. The zero-order valence-corrected chi connectivity index (χ0v) is 10.6. The minimum absolute atomic E-state index is 0.120. The normalized spacial score (nSPS) is 11.5. The average molecular weight is 278 g/mol. The predicted octanol–water partition coefficient (Wildman–Crippen LogP) is 2.00. The molecule has 7 heteroatoms. The molecule has 1 aromatic carbocycles. The average Bonchev–Trinajstić information content (AvgIpc) is 2.45. The zero-order chi connectivity index (χ0) is 13.7. The molecule has 0 saturated heterocycles. The van der Waals surface area contributed by atoms with Crippen LogP contribution in [-0.2, 0) is 5.75 Å². The molecule has 0 atom stereocenters. The second-order valence-corrected chi connectivity index (χ2v) is 4.66. The van der Waals surface area contributed by atoms with E-state index >= 15 is 0 Å². The van der Waals surface area contributed by atoms with E-state index < -0.39 is 5.82 Å². The number of nitrogens with two attached hydrogens (primary N) is 1. The number of benzene rings is 1. The van der Waals surface area contributed by atoms with Crippen LogP contribution in [0, 0.1) is 5.82 Å². The third-order valence-electron chi connectivity index (χ3n) is 2.29. The Kier molecular flexibility index (Phi) is 4.30. The summed E-state index contributed by atoms with van der Waals surface area (Å²) in [7, 11) is 0. The van der Waals surface area contributed by atoms with Crippen LogP contribution < -0.4 is 5.73 Å². The minimum atomic E-state index is -0.432. The molecule has 0 fully saturated rings. The summed E-state index contributed by atoms with van der Waals surface area (Å²) in [6.07, 6.45) is 4.81. The third kappa shape index (κ3) is 3.65. The van der Waals surface area contributed by atoms with Crippen molar-refractivity contribution in [1.82, 2.24) is 9.97 Å². The number of oxime groups is 1. The van der Waals surface area contributed by atoms with Crippen LogP contribution in [0.15, 0.2) is 47.0 Å². The number of nitrogens with zero attached hydrogens (tertiary/aromatic N) is 3. The molecule has 0 radical (unpaired) electrons. The Labute approximate surface area is 113 Å². The Hall–Kier alpha value is -2.15. The lowest BCUT2D eigenvalue weighted by atomic mass is 10.1. The van der Waals surface area contributed by atoms with Gasteiger partial charge < -0.3 is 10.9 Å². The molecular weight excluding hydrogens is 267 g/mol. The first kappa shape index (κ1) is 13.3. The molecule has 1 aromatic heterocycles. The van der Waals surface area contributed by atoms with Crippen molar-refractivity contribution >= 4 is 17.6 Å². The molecule has 0 unspecified atom stereocenters. The SMILES string of the molecule is N/C(=N/O)c1cc(F)cc(CSc2cnccn2)c1. The molecule has 0 aliphatic heterocycles. The summed E-state index contributed by atoms with van der Waals surface area (Å²) in [4.78, 5) is 8.05. The van der Waals surface area contributed by atoms with Crippen molar-refractivity contribution in [2.24, 2.45) is 10.9 Å². The van der Waals surface area contributed by atoms with Gasteiger partial charge in [0, 0.05) is 23.7 Å². The highest BCUT2D eigenvalue weighted by Crippen LogP contribution is 2.21. The van der Waals surface area contributed by atoms with Gasteiger partial charge in [0.1, 0.15) is 10.8 Å². The van der Waals surface area contributed by atoms with Gasteiger partial charge in [-0.15, -0.1) is 11.8 Å². The van der Waals surface area contributed by atoms with E-state index in [0.717, 1.165) is 10.6 Å². The van der Waals surface area contributed by atoms with Crippen LogP contribution in [0.25, 0.3) is 0 Å². The van der Waals surface area contributed by atoms with E-state index in [9.17, 15) is 4.39 Å². The van der Waals surface area contributed by atoms with E-state index in [2.05, 4.69) is 15.1 Å². The summed E-state index contributed by atoms with van der Waals surface area (Å²) in [5, 5.41) is 12.2. The Morgan fingerprint density at radius 1 is 1.37 bits per heavy atom. The van der Waals surface area contributed by atoms with Crippen molar-refractivity contribution in [1.29, 1.82) is 0 Å². The van der Waals surface area contributed by atoms with Gasteiger partial charge in [0.05, 0.1) is 6.20 Å². The molecule has 0 spiro atoms. The van der Waals surface area contributed by atoms with Gasteiger partial charge in [-0.3, -0.25) is 4.98 Å². The maximum Gasteiger partial charge on any atom is 0.170 e. The second-order valence-electron chi connectivity index (χ2n) is 3.67. The van der Waals surface area contributed by atoms with E-state index in [0.29, 0.717) is 11.3 Å². The first-order chi connectivity index (χ1) is 9.19. The lowest BCUT2D eigenvalue weighted by Gasteiger charge is -2.05. The van der Waals surface area contributed by atoms with E-state index in [1.165, 1.54) is 23.9 Å². The smallest absolute Gasteiger partial charge is 0.170 e. The molecule has 0 saturated carbocycles. The molecule has 0 aliphatic carbocycles. The molecule has 1 heterocycles.